The molecule has 9 nitrogen and oxygen atoms in total. The number of benzene rings is 1. The van der Waals surface area contributed by atoms with Crippen LogP contribution in [0, 0.1) is 5.92 Å². The highest BCUT2D eigenvalue weighted by Crippen LogP contribution is 2.45. The molecule has 11 heteroatoms. The van der Waals surface area contributed by atoms with Gasteiger partial charge in [0.25, 0.3) is 0 Å². The van der Waals surface area contributed by atoms with Crippen LogP contribution >= 0.6 is 11.6 Å². The SMILES string of the molecule is C=C(Cl)COC(=O)C1C(=CS(=O)(=O)c2ccc(OC)c(OC)c2)C[C@H]2[C@H]([C@@H](C)O)C(=O)N12. The molecule has 32 heavy (non-hydrogen) atoms. The number of ether oxygens (including phenoxy) is 3. The standard InChI is InChI=1S/C21H24ClNO8S/c1-11(22)9-31-21(26)19-13(7-15-18(12(2)24)20(25)23(15)19)10-32(27,28)14-5-6-16(29-3)17(8-14)30-4/h5-6,8,10,12,15,18-19,24H,1,7,9H2,2-4H3/t12-,15+,18+,19?/m1/s1. The van der Waals surface area contributed by atoms with Crippen LogP contribution in [0.2, 0.25) is 0 Å². The third kappa shape index (κ3) is 4.35. The first-order chi connectivity index (χ1) is 15.0. The largest absolute Gasteiger partial charge is 0.493 e. The van der Waals surface area contributed by atoms with Gasteiger partial charge < -0.3 is 24.2 Å². The molecule has 2 aliphatic heterocycles. The molecule has 3 rings (SSSR count). The van der Waals surface area contributed by atoms with Gasteiger partial charge in [-0.2, -0.15) is 0 Å². The molecule has 2 fully saturated rings. The molecule has 0 saturated carbocycles. The second kappa shape index (κ2) is 9.13. The van der Waals surface area contributed by atoms with Crippen LogP contribution in [0.5, 0.6) is 11.5 Å². The third-order valence-electron chi connectivity index (χ3n) is 5.49. The number of carbonyl (C=O) groups excluding carboxylic acids is 2. The molecular weight excluding hydrogens is 462 g/mol. The number of hydrogen-bond donors (Lipinski definition) is 1. The van der Waals surface area contributed by atoms with E-state index in [4.69, 9.17) is 25.8 Å². The van der Waals surface area contributed by atoms with Gasteiger partial charge in [0.15, 0.2) is 27.4 Å². The number of rotatable bonds is 8. The Labute approximate surface area is 191 Å². The lowest BCUT2D eigenvalue weighted by atomic mass is 9.84. The number of hydrogen-bond acceptors (Lipinski definition) is 8. The van der Waals surface area contributed by atoms with E-state index in [9.17, 15) is 23.1 Å². The lowest BCUT2D eigenvalue weighted by molar-refractivity contribution is -0.170. The highest BCUT2D eigenvalue weighted by Gasteiger charge is 2.59. The number of β-lactam (4-membered cyclic amide) rings is 1. The second-order valence-corrected chi connectivity index (χ2v) is 9.90. The molecule has 1 aromatic rings. The van der Waals surface area contributed by atoms with Gasteiger partial charge in [0.1, 0.15) is 6.61 Å². The molecule has 1 amide bonds. The highest BCUT2D eigenvalue weighted by atomic mass is 35.5. The Morgan fingerprint density at radius 1 is 1.34 bits per heavy atom. The van der Waals surface area contributed by atoms with Crippen LogP contribution in [0.15, 0.2) is 45.7 Å². The van der Waals surface area contributed by atoms with E-state index < -0.39 is 45.8 Å². The zero-order chi connectivity index (χ0) is 23.8. The molecule has 0 bridgehead atoms. The van der Waals surface area contributed by atoms with E-state index in [1.165, 1.54) is 44.2 Å². The van der Waals surface area contributed by atoms with Crippen molar-refractivity contribution in [2.24, 2.45) is 5.92 Å². The summed E-state index contributed by atoms with van der Waals surface area (Å²) in [5.74, 6) is -1.40. The summed E-state index contributed by atoms with van der Waals surface area (Å²) in [5.41, 5.74) is 0.187. The van der Waals surface area contributed by atoms with Crippen molar-refractivity contribution in [3.63, 3.8) is 0 Å². The molecule has 1 N–H and O–H groups in total. The summed E-state index contributed by atoms with van der Waals surface area (Å²) in [4.78, 5) is 26.5. The van der Waals surface area contributed by atoms with Gasteiger partial charge in [0, 0.05) is 16.5 Å². The summed E-state index contributed by atoms with van der Waals surface area (Å²) in [6, 6.07) is 2.38. The summed E-state index contributed by atoms with van der Waals surface area (Å²) in [6.45, 7) is 4.64. The topological polar surface area (TPSA) is 119 Å². The molecule has 2 saturated heterocycles. The number of sulfone groups is 1. The van der Waals surface area contributed by atoms with E-state index >= 15 is 0 Å². The Morgan fingerprint density at radius 2 is 2.00 bits per heavy atom. The van der Waals surface area contributed by atoms with E-state index in [0.717, 1.165) is 5.41 Å². The number of nitrogens with zero attached hydrogens (tertiary/aromatic N) is 1. The fourth-order valence-electron chi connectivity index (χ4n) is 4.06. The number of methoxy groups -OCH3 is 2. The third-order valence-corrected chi connectivity index (χ3v) is 7.12. The van der Waals surface area contributed by atoms with Gasteiger partial charge in [-0.15, -0.1) is 0 Å². The molecule has 0 aromatic heterocycles. The van der Waals surface area contributed by atoms with E-state index in [1.54, 1.807) is 0 Å². The molecule has 0 spiro atoms. The van der Waals surface area contributed by atoms with Crippen molar-refractivity contribution >= 4 is 33.3 Å². The Morgan fingerprint density at radius 3 is 2.56 bits per heavy atom. The van der Waals surface area contributed by atoms with Gasteiger partial charge >= 0.3 is 5.97 Å². The first kappa shape index (κ1) is 24.1. The summed E-state index contributed by atoms with van der Waals surface area (Å²) in [7, 11) is -1.21. The summed E-state index contributed by atoms with van der Waals surface area (Å²) < 4.78 is 41.6. The Kier molecular flexibility index (Phi) is 6.87. The molecule has 2 heterocycles. The molecule has 4 atom stereocenters. The molecule has 1 unspecified atom stereocenters. The first-order valence-electron chi connectivity index (χ1n) is 9.69. The van der Waals surface area contributed by atoms with Crippen molar-refractivity contribution < 1.29 is 37.3 Å². The number of aliphatic hydroxyl groups excluding tert-OH is 1. The van der Waals surface area contributed by atoms with Gasteiger partial charge in [-0.05, 0) is 31.1 Å². The molecule has 174 valence electrons. The number of esters is 1. The number of halogens is 1. The molecular formula is C21H24ClNO8S. The van der Waals surface area contributed by atoms with Gasteiger partial charge in [0.2, 0.25) is 5.91 Å². The predicted molar refractivity (Wildman–Crippen MR) is 115 cm³/mol. The minimum Gasteiger partial charge on any atom is -0.493 e. The lowest BCUT2D eigenvalue weighted by Crippen LogP contribution is -2.64. The molecule has 0 radical (unpaired) electrons. The number of fused-ring (bicyclic) bond motifs is 1. The van der Waals surface area contributed by atoms with Crippen molar-refractivity contribution in [3.05, 3.63) is 40.8 Å². The average Bonchev–Trinajstić information content (AvgIpc) is 3.04. The summed E-state index contributed by atoms with van der Waals surface area (Å²) >= 11 is 5.66. The van der Waals surface area contributed by atoms with Crippen LogP contribution in [0.1, 0.15) is 13.3 Å². The zero-order valence-corrected chi connectivity index (χ0v) is 19.4. The van der Waals surface area contributed by atoms with Crippen LogP contribution in [-0.2, 0) is 24.2 Å². The fraction of sp³-hybridized carbons (Fsp3) is 0.429. The summed E-state index contributed by atoms with van der Waals surface area (Å²) in [6.07, 6.45) is -0.833. The molecule has 1 aromatic carbocycles. The van der Waals surface area contributed by atoms with Crippen LogP contribution < -0.4 is 9.47 Å². The smallest absolute Gasteiger partial charge is 0.333 e. The van der Waals surface area contributed by atoms with Crippen molar-refractivity contribution in [3.8, 4) is 11.5 Å². The quantitative estimate of drug-likeness (QED) is 0.436. The Balaban J connectivity index is 1.99. The van der Waals surface area contributed by atoms with Crippen molar-refractivity contribution in [1.82, 2.24) is 4.90 Å². The highest BCUT2D eigenvalue weighted by molar-refractivity contribution is 7.94. The first-order valence-corrected chi connectivity index (χ1v) is 11.6. The minimum atomic E-state index is -4.02. The summed E-state index contributed by atoms with van der Waals surface area (Å²) in [5, 5.41) is 11.0. The van der Waals surface area contributed by atoms with Crippen LogP contribution in [-0.4, -0.2) is 69.3 Å². The Bertz CT molecular complexity index is 1080. The number of aliphatic hydroxyl groups is 1. The molecule has 0 aliphatic carbocycles. The Hall–Kier alpha value is -2.56. The molecule has 2 aliphatic rings. The second-order valence-electron chi connectivity index (χ2n) is 7.57. The van der Waals surface area contributed by atoms with Crippen LogP contribution in [0.3, 0.4) is 0 Å². The maximum atomic E-state index is 13.1. The van der Waals surface area contributed by atoms with Gasteiger partial charge in [-0.25, -0.2) is 13.2 Å². The normalized spacial score (nSPS) is 24.5. The fourth-order valence-corrected chi connectivity index (χ4v) is 5.40. The van der Waals surface area contributed by atoms with Crippen molar-refractivity contribution in [1.29, 1.82) is 0 Å². The van der Waals surface area contributed by atoms with Gasteiger partial charge in [-0.3, -0.25) is 4.79 Å². The van der Waals surface area contributed by atoms with Gasteiger partial charge in [0.05, 0.1) is 37.2 Å². The van der Waals surface area contributed by atoms with Crippen molar-refractivity contribution in [2.45, 2.75) is 36.4 Å². The van der Waals surface area contributed by atoms with Crippen molar-refractivity contribution in [2.75, 3.05) is 20.8 Å². The minimum absolute atomic E-state index is 0.0726. The predicted octanol–water partition coefficient (Wildman–Crippen LogP) is 1.64. The zero-order valence-electron chi connectivity index (χ0n) is 17.8. The van der Waals surface area contributed by atoms with E-state index in [0.29, 0.717) is 5.75 Å². The van der Waals surface area contributed by atoms with E-state index in [1.807, 2.05) is 0 Å². The number of carbonyl (C=O) groups is 2. The maximum absolute atomic E-state index is 13.1. The van der Waals surface area contributed by atoms with E-state index in [-0.39, 0.29) is 34.3 Å². The van der Waals surface area contributed by atoms with Gasteiger partial charge in [-0.1, -0.05) is 18.2 Å². The van der Waals surface area contributed by atoms with Crippen LogP contribution in [0.25, 0.3) is 0 Å². The average molecular weight is 486 g/mol. The van der Waals surface area contributed by atoms with E-state index in [2.05, 4.69) is 6.58 Å². The monoisotopic (exact) mass is 485 g/mol. The maximum Gasteiger partial charge on any atom is 0.333 e. The lowest BCUT2D eigenvalue weighted by Gasteiger charge is -2.45. The number of amides is 1. The van der Waals surface area contributed by atoms with Crippen LogP contribution in [0.4, 0.5) is 0 Å².